The molecule has 3 aromatic rings. The van der Waals surface area contributed by atoms with Crippen LogP contribution in [0.1, 0.15) is 36.5 Å². The first kappa shape index (κ1) is 23.3. The van der Waals surface area contributed by atoms with E-state index in [1.54, 1.807) is 47.6 Å². The van der Waals surface area contributed by atoms with Gasteiger partial charge in [-0.3, -0.25) is 14.2 Å². The summed E-state index contributed by atoms with van der Waals surface area (Å²) in [7, 11) is 0. The molecule has 1 aromatic carbocycles. The summed E-state index contributed by atoms with van der Waals surface area (Å²) in [4.78, 5) is 34.4. The first-order valence-corrected chi connectivity index (χ1v) is 11.2. The molecule has 3 N–H and O–H groups in total. The third-order valence-corrected chi connectivity index (χ3v) is 5.75. The lowest BCUT2D eigenvalue weighted by Gasteiger charge is -2.33. The van der Waals surface area contributed by atoms with E-state index in [1.165, 1.54) is 12.5 Å². The summed E-state index contributed by atoms with van der Waals surface area (Å²) >= 11 is 5.97. The first-order chi connectivity index (χ1) is 16.4. The minimum absolute atomic E-state index is 0.287. The van der Waals surface area contributed by atoms with Gasteiger partial charge in [-0.05, 0) is 30.7 Å². The number of nitrogens with zero attached hydrogens (tertiary/aromatic N) is 3. The van der Waals surface area contributed by atoms with Crippen LogP contribution in [-0.4, -0.2) is 38.2 Å². The number of primary amides is 1. The van der Waals surface area contributed by atoms with E-state index in [2.05, 4.69) is 15.3 Å². The van der Waals surface area contributed by atoms with Gasteiger partial charge in [-0.25, -0.2) is 9.97 Å². The number of carbonyl (C=O) groups is 2. The van der Waals surface area contributed by atoms with E-state index in [4.69, 9.17) is 26.8 Å². The van der Waals surface area contributed by atoms with Gasteiger partial charge in [-0.2, -0.15) is 0 Å². The Hall–Kier alpha value is -3.85. The molecule has 1 aliphatic heterocycles. The van der Waals surface area contributed by atoms with Gasteiger partial charge in [0.2, 0.25) is 0 Å². The molecular weight excluding hydrogens is 458 g/mol. The zero-order valence-corrected chi connectivity index (χ0v) is 19.2. The van der Waals surface area contributed by atoms with Crippen molar-refractivity contribution in [1.82, 2.24) is 19.9 Å². The minimum atomic E-state index is -1.80. The molecule has 176 valence electrons. The average Bonchev–Trinajstić information content (AvgIpc) is 3.53. The average molecular weight is 482 g/mol. The largest absolute Gasteiger partial charge is 0.447 e. The van der Waals surface area contributed by atoms with Crippen LogP contribution in [0, 0.1) is 0 Å². The lowest BCUT2D eigenvalue weighted by molar-refractivity contribution is -0.182. The monoisotopic (exact) mass is 481 g/mol. The van der Waals surface area contributed by atoms with Crippen molar-refractivity contribution in [3.05, 3.63) is 78.2 Å². The van der Waals surface area contributed by atoms with Crippen molar-refractivity contribution in [2.24, 2.45) is 5.73 Å². The molecule has 1 aliphatic rings. The number of amides is 2. The Balaban J connectivity index is 1.62. The lowest BCUT2D eigenvalue weighted by Crippen LogP contribution is -2.60. The number of benzene rings is 1. The van der Waals surface area contributed by atoms with Gasteiger partial charge in [-0.1, -0.05) is 43.5 Å². The van der Waals surface area contributed by atoms with Crippen molar-refractivity contribution < 1.29 is 19.1 Å². The highest BCUT2D eigenvalue weighted by Crippen LogP contribution is 2.28. The van der Waals surface area contributed by atoms with Gasteiger partial charge >= 0.3 is 11.7 Å². The zero-order chi connectivity index (χ0) is 24.1. The van der Waals surface area contributed by atoms with Crippen molar-refractivity contribution >= 4 is 23.4 Å². The van der Waals surface area contributed by atoms with E-state index >= 15 is 0 Å². The molecule has 0 saturated heterocycles. The SMILES string of the molecule is CCCCC(NC(=O)c1cccnc1-n1cnc(-c2ccc(Cl)cc2)c1)C1(C(N)=O)OC=CO1. The third kappa shape index (κ3) is 4.60. The van der Waals surface area contributed by atoms with E-state index in [-0.39, 0.29) is 5.56 Å². The van der Waals surface area contributed by atoms with Crippen LogP contribution >= 0.6 is 11.6 Å². The fourth-order valence-electron chi connectivity index (χ4n) is 3.73. The molecule has 0 aliphatic carbocycles. The predicted molar refractivity (Wildman–Crippen MR) is 126 cm³/mol. The smallest absolute Gasteiger partial charge is 0.351 e. The fraction of sp³-hybridized carbons (Fsp3) is 0.250. The highest BCUT2D eigenvalue weighted by molar-refractivity contribution is 6.30. The van der Waals surface area contributed by atoms with Crippen LogP contribution in [0.15, 0.2) is 67.6 Å². The molecule has 4 rings (SSSR count). The molecule has 0 radical (unpaired) electrons. The van der Waals surface area contributed by atoms with Gasteiger partial charge in [-0.15, -0.1) is 0 Å². The molecule has 10 heteroatoms. The summed E-state index contributed by atoms with van der Waals surface area (Å²) in [6.07, 6.45) is 9.41. The maximum Gasteiger partial charge on any atom is 0.351 e. The molecular formula is C24H24ClN5O4. The number of imidazole rings is 1. The summed E-state index contributed by atoms with van der Waals surface area (Å²) in [6, 6.07) is 9.77. The second kappa shape index (κ2) is 9.96. The molecule has 0 saturated carbocycles. The van der Waals surface area contributed by atoms with Crippen LogP contribution in [0.5, 0.6) is 0 Å². The van der Waals surface area contributed by atoms with Gasteiger partial charge in [0.1, 0.15) is 24.9 Å². The number of nitrogens with two attached hydrogens (primary N) is 1. The molecule has 2 aromatic heterocycles. The van der Waals surface area contributed by atoms with Crippen molar-refractivity contribution in [1.29, 1.82) is 0 Å². The number of hydrogen-bond acceptors (Lipinski definition) is 6. The van der Waals surface area contributed by atoms with Gasteiger partial charge < -0.3 is 20.5 Å². The van der Waals surface area contributed by atoms with E-state index in [0.717, 1.165) is 18.4 Å². The van der Waals surface area contributed by atoms with Crippen molar-refractivity contribution in [2.45, 2.75) is 38.0 Å². The Kier molecular flexibility index (Phi) is 6.83. The molecule has 2 amide bonds. The highest BCUT2D eigenvalue weighted by Gasteiger charge is 2.51. The molecule has 0 fully saturated rings. The molecule has 0 bridgehead atoms. The van der Waals surface area contributed by atoms with Crippen LogP contribution in [0.2, 0.25) is 5.02 Å². The molecule has 34 heavy (non-hydrogen) atoms. The fourth-order valence-corrected chi connectivity index (χ4v) is 3.85. The van der Waals surface area contributed by atoms with E-state index in [0.29, 0.717) is 23.0 Å². The maximum atomic E-state index is 13.4. The number of nitrogens with one attached hydrogen (secondary N) is 1. The third-order valence-electron chi connectivity index (χ3n) is 5.49. The second-order valence-corrected chi connectivity index (χ2v) is 8.19. The molecule has 0 spiro atoms. The lowest BCUT2D eigenvalue weighted by atomic mass is 9.99. The number of unbranched alkanes of at least 4 members (excludes halogenated alkanes) is 1. The molecule has 1 atom stereocenters. The number of rotatable bonds is 9. The normalized spacial score (nSPS) is 14.8. The Morgan fingerprint density at radius 3 is 2.59 bits per heavy atom. The summed E-state index contributed by atoms with van der Waals surface area (Å²) in [5, 5.41) is 3.50. The van der Waals surface area contributed by atoms with Crippen molar-refractivity contribution in [3.8, 4) is 17.1 Å². The topological polar surface area (TPSA) is 121 Å². The number of ether oxygens (including phenoxy) is 2. The van der Waals surface area contributed by atoms with Crippen molar-refractivity contribution in [3.63, 3.8) is 0 Å². The van der Waals surface area contributed by atoms with Gasteiger partial charge in [0, 0.05) is 23.0 Å². The standard InChI is InChI=1S/C24H24ClN5O4/c1-2-3-6-20(24(23(26)32)33-12-13-34-24)29-22(31)18-5-4-11-27-21(18)30-14-19(28-15-30)16-7-9-17(25)10-8-16/h4-5,7-15,20H,2-3,6H2,1H3,(H2,26,32)(H,29,31). The Bertz CT molecular complexity index is 1200. The Labute approximate surface area is 201 Å². The van der Waals surface area contributed by atoms with Crippen LogP contribution in [-0.2, 0) is 14.3 Å². The van der Waals surface area contributed by atoms with E-state index < -0.39 is 23.6 Å². The Morgan fingerprint density at radius 2 is 1.91 bits per heavy atom. The summed E-state index contributed by atoms with van der Waals surface area (Å²) in [5.41, 5.74) is 7.45. The van der Waals surface area contributed by atoms with Crippen LogP contribution < -0.4 is 11.1 Å². The number of halogens is 1. The maximum absolute atomic E-state index is 13.4. The summed E-state index contributed by atoms with van der Waals surface area (Å²) < 4.78 is 12.5. The highest BCUT2D eigenvalue weighted by atomic mass is 35.5. The molecule has 1 unspecified atom stereocenters. The van der Waals surface area contributed by atoms with E-state index in [9.17, 15) is 9.59 Å². The predicted octanol–water partition coefficient (Wildman–Crippen LogP) is 3.58. The number of pyridine rings is 1. The van der Waals surface area contributed by atoms with Gasteiger partial charge in [0.05, 0.1) is 11.3 Å². The summed E-state index contributed by atoms with van der Waals surface area (Å²) in [6.45, 7) is 2.00. The molecule has 3 heterocycles. The van der Waals surface area contributed by atoms with Gasteiger partial charge in [0.25, 0.3) is 5.91 Å². The van der Waals surface area contributed by atoms with Crippen LogP contribution in [0.4, 0.5) is 0 Å². The summed E-state index contributed by atoms with van der Waals surface area (Å²) in [5.74, 6) is -2.70. The number of hydrogen-bond donors (Lipinski definition) is 2. The van der Waals surface area contributed by atoms with E-state index in [1.807, 2.05) is 19.1 Å². The first-order valence-electron chi connectivity index (χ1n) is 10.8. The minimum Gasteiger partial charge on any atom is -0.447 e. The number of carbonyl (C=O) groups excluding carboxylic acids is 2. The van der Waals surface area contributed by atoms with Crippen LogP contribution in [0.25, 0.3) is 17.1 Å². The quantitative estimate of drug-likeness (QED) is 0.481. The molecule has 9 nitrogen and oxygen atoms in total. The second-order valence-electron chi connectivity index (χ2n) is 7.76. The van der Waals surface area contributed by atoms with Crippen molar-refractivity contribution in [2.75, 3.05) is 0 Å². The zero-order valence-electron chi connectivity index (χ0n) is 18.5. The number of aromatic nitrogens is 3. The van der Waals surface area contributed by atoms with Gasteiger partial charge in [0.15, 0.2) is 5.82 Å². The van der Waals surface area contributed by atoms with Crippen LogP contribution in [0.3, 0.4) is 0 Å². The Morgan fingerprint density at radius 1 is 1.18 bits per heavy atom.